The number of carbonyl (C=O) groups is 2. The number of benzene rings is 2. The molecule has 8 heteroatoms. The largest absolute Gasteiger partial charge is 0.455 e. The molecule has 4 aromatic rings. The second-order valence-electron chi connectivity index (χ2n) is 7.74. The van der Waals surface area contributed by atoms with Gasteiger partial charge in [0.05, 0.1) is 5.75 Å². The van der Waals surface area contributed by atoms with Crippen LogP contribution in [0.15, 0.2) is 82.6 Å². The summed E-state index contributed by atoms with van der Waals surface area (Å²) in [4.78, 5) is 31.6. The van der Waals surface area contributed by atoms with Crippen LogP contribution in [0.2, 0.25) is 0 Å². The van der Waals surface area contributed by atoms with E-state index in [9.17, 15) is 9.59 Å². The van der Waals surface area contributed by atoms with Gasteiger partial charge in [0, 0.05) is 42.9 Å². The van der Waals surface area contributed by atoms with Crippen LogP contribution in [0.25, 0.3) is 0 Å². The minimum atomic E-state index is -0.337. The highest BCUT2D eigenvalue weighted by atomic mass is 32.2. The second-order valence-corrected chi connectivity index (χ2v) is 8.68. The van der Waals surface area contributed by atoms with E-state index in [2.05, 4.69) is 16.4 Å². The van der Waals surface area contributed by atoms with Gasteiger partial charge in [-0.05, 0) is 54.4 Å². The summed E-state index contributed by atoms with van der Waals surface area (Å²) in [7, 11) is 1.93. The number of nitrogens with one attached hydrogen (secondary N) is 1. The SMILES string of the molecule is Cn1ccnc1SCc1ccc(C(=O)Nc2ccc(C(=O)N3CCc4ccccc43)cc2)o1. The average molecular weight is 459 g/mol. The van der Waals surface area contributed by atoms with Gasteiger partial charge in [-0.1, -0.05) is 30.0 Å². The number of amides is 2. The first-order chi connectivity index (χ1) is 16.1. The topological polar surface area (TPSA) is 80.4 Å². The van der Waals surface area contributed by atoms with Crippen LogP contribution >= 0.6 is 11.8 Å². The molecule has 2 amide bonds. The number of rotatable bonds is 6. The fourth-order valence-electron chi connectivity index (χ4n) is 3.80. The van der Waals surface area contributed by atoms with E-state index < -0.39 is 0 Å². The molecule has 2 aromatic heterocycles. The number of aryl methyl sites for hydroxylation is 1. The molecule has 2 aromatic carbocycles. The predicted octanol–water partition coefficient (Wildman–Crippen LogP) is 4.76. The van der Waals surface area contributed by atoms with Gasteiger partial charge in [-0.25, -0.2) is 4.98 Å². The van der Waals surface area contributed by atoms with Gasteiger partial charge < -0.3 is 19.2 Å². The van der Waals surface area contributed by atoms with Gasteiger partial charge in [0.1, 0.15) is 5.76 Å². The van der Waals surface area contributed by atoms with Gasteiger partial charge in [-0.3, -0.25) is 9.59 Å². The first-order valence-electron chi connectivity index (χ1n) is 10.6. The number of para-hydroxylation sites is 1. The normalized spacial score (nSPS) is 12.6. The first-order valence-corrected chi connectivity index (χ1v) is 11.6. The van der Waals surface area contributed by atoms with Crippen molar-refractivity contribution in [2.75, 3.05) is 16.8 Å². The molecule has 0 saturated carbocycles. The smallest absolute Gasteiger partial charge is 0.291 e. The number of imidazole rings is 1. The summed E-state index contributed by atoms with van der Waals surface area (Å²) in [5, 5.41) is 3.70. The van der Waals surface area contributed by atoms with Crippen molar-refractivity contribution in [2.45, 2.75) is 17.3 Å². The van der Waals surface area contributed by atoms with E-state index in [1.54, 1.807) is 47.5 Å². The van der Waals surface area contributed by atoms with Crippen LogP contribution in [0.5, 0.6) is 0 Å². The summed E-state index contributed by atoms with van der Waals surface area (Å²) in [5.74, 6) is 1.13. The van der Waals surface area contributed by atoms with Crippen molar-refractivity contribution in [3.05, 3.63) is 95.7 Å². The lowest BCUT2D eigenvalue weighted by molar-refractivity contribution is 0.0985. The highest BCUT2D eigenvalue weighted by Gasteiger charge is 2.25. The Hall–Kier alpha value is -3.78. The van der Waals surface area contributed by atoms with Crippen molar-refractivity contribution in [1.82, 2.24) is 9.55 Å². The van der Waals surface area contributed by atoms with Crippen molar-refractivity contribution in [1.29, 1.82) is 0 Å². The fourth-order valence-corrected chi connectivity index (χ4v) is 4.62. The zero-order valence-corrected chi connectivity index (χ0v) is 18.8. The lowest BCUT2D eigenvalue weighted by Gasteiger charge is -2.17. The van der Waals surface area contributed by atoms with E-state index >= 15 is 0 Å². The summed E-state index contributed by atoms with van der Waals surface area (Å²) in [5.41, 5.74) is 3.33. The molecule has 0 fully saturated rings. The zero-order chi connectivity index (χ0) is 22.8. The third kappa shape index (κ3) is 4.42. The minimum Gasteiger partial charge on any atom is -0.455 e. The first kappa shape index (κ1) is 21.1. The number of hydrogen-bond donors (Lipinski definition) is 1. The average Bonchev–Trinajstić information content (AvgIpc) is 3.57. The Labute approximate surface area is 195 Å². The molecule has 7 nitrogen and oxygen atoms in total. The van der Waals surface area contributed by atoms with Crippen LogP contribution in [-0.2, 0) is 19.2 Å². The minimum absolute atomic E-state index is 0.0429. The number of aromatic nitrogens is 2. The number of anilines is 2. The molecule has 33 heavy (non-hydrogen) atoms. The monoisotopic (exact) mass is 458 g/mol. The molecule has 0 bridgehead atoms. The second kappa shape index (κ2) is 8.99. The number of thioether (sulfide) groups is 1. The molecule has 3 heterocycles. The zero-order valence-electron chi connectivity index (χ0n) is 18.0. The Balaban J connectivity index is 1.20. The highest BCUT2D eigenvalue weighted by Crippen LogP contribution is 2.29. The molecule has 0 aliphatic carbocycles. The van der Waals surface area contributed by atoms with Crippen molar-refractivity contribution >= 4 is 35.0 Å². The van der Waals surface area contributed by atoms with E-state index in [4.69, 9.17) is 4.42 Å². The third-order valence-electron chi connectivity index (χ3n) is 5.53. The fraction of sp³-hybridized carbons (Fsp3) is 0.160. The maximum Gasteiger partial charge on any atom is 0.291 e. The van der Waals surface area contributed by atoms with Crippen LogP contribution in [-0.4, -0.2) is 27.9 Å². The summed E-state index contributed by atoms with van der Waals surface area (Å²) < 4.78 is 7.62. The molecule has 0 spiro atoms. The molecule has 1 aliphatic rings. The molecule has 0 unspecified atom stereocenters. The summed E-state index contributed by atoms with van der Waals surface area (Å²) in [6, 6.07) is 18.3. The van der Waals surface area contributed by atoms with E-state index in [-0.39, 0.29) is 17.6 Å². The lowest BCUT2D eigenvalue weighted by Crippen LogP contribution is -2.28. The Morgan fingerprint density at radius 2 is 1.91 bits per heavy atom. The van der Waals surface area contributed by atoms with Crippen LogP contribution in [0.3, 0.4) is 0 Å². The van der Waals surface area contributed by atoms with E-state index in [0.717, 1.165) is 17.3 Å². The summed E-state index contributed by atoms with van der Waals surface area (Å²) in [6.45, 7) is 0.677. The molecule has 0 saturated heterocycles. The maximum absolute atomic E-state index is 13.0. The standard InChI is InChI=1S/C25H22N4O3S/c1-28-15-13-26-25(28)33-16-20-10-11-22(32-20)23(30)27-19-8-6-18(7-9-19)24(31)29-14-12-17-4-2-3-5-21(17)29/h2-11,13,15H,12,14,16H2,1H3,(H,27,30). The number of fused-ring (bicyclic) bond motifs is 1. The van der Waals surface area contributed by atoms with Crippen LogP contribution in [0.4, 0.5) is 11.4 Å². The Kier molecular flexibility index (Phi) is 5.75. The van der Waals surface area contributed by atoms with E-state index in [0.29, 0.717) is 29.3 Å². The van der Waals surface area contributed by atoms with Gasteiger partial charge in [0.25, 0.3) is 11.8 Å². The predicted molar refractivity (Wildman–Crippen MR) is 128 cm³/mol. The highest BCUT2D eigenvalue weighted by molar-refractivity contribution is 7.98. The summed E-state index contributed by atoms with van der Waals surface area (Å²) in [6.07, 6.45) is 4.49. The Bertz CT molecular complexity index is 1310. The molecule has 1 N–H and O–H groups in total. The molecule has 5 rings (SSSR count). The number of furan rings is 1. The molecular formula is C25H22N4O3S. The molecular weight excluding hydrogens is 436 g/mol. The summed E-state index contributed by atoms with van der Waals surface area (Å²) >= 11 is 1.54. The van der Waals surface area contributed by atoms with Crippen molar-refractivity contribution in [3.8, 4) is 0 Å². The molecule has 0 radical (unpaired) electrons. The van der Waals surface area contributed by atoms with Gasteiger partial charge in [0.15, 0.2) is 10.9 Å². The van der Waals surface area contributed by atoms with E-state index in [1.165, 1.54) is 17.3 Å². The third-order valence-corrected chi connectivity index (χ3v) is 6.61. The Morgan fingerprint density at radius 3 is 2.70 bits per heavy atom. The van der Waals surface area contributed by atoms with Crippen LogP contribution in [0.1, 0.15) is 32.2 Å². The van der Waals surface area contributed by atoms with Gasteiger partial charge in [-0.15, -0.1) is 0 Å². The number of carbonyl (C=O) groups excluding carboxylic acids is 2. The molecule has 1 aliphatic heterocycles. The van der Waals surface area contributed by atoms with Crippen molar-refractivity contribution < 1.29 is 14.0 Å². The quantitative estimate of drug-likeness (QED) is 0.422. The van der Waals surface area contributed by atoms with Crippen molar-refractivity contribution in [3.63, 3.8) is 0 Å². The van der Waals surface area contributed by atoms with Gasteiger partial charge in [-0.2, -0.15) is 0 Å². The van der Waals surface area contributed by atoms with Crippen molar-refractivity contribution in [2.24, 2.45) is 7.05 Å². The number of nitrogens with zero attached hydrogens (tertiary/aromatic N) is 3. The maximum atomic E-state index is 13.0. The van der Waals surface area contributed by atoms with E-state index in [1.807, 2.05) is 36.0 Å². The van der Waals surface area contributed by atoms with Crippen LogP contribution < -0.4 is 10.2 Å². The van der Waals surface area contributed by atoms with Crippen LogP contribution in [0, 0.1) is 0 Å². The van der Waals surface area contributed by atoms with Gasteiger partial charge >= 0.3 is 0 Å². The molecule has 166 valence electrons. The number of hydrogen-bond acceptors (Lipinski definition) is 5. The lowest BCUT2D eigenvalue weighted by atomic mass is 10.1. The van der Waals surface area contributed by atoms with Gasteiger partial charge in [0.2, 0.25) is 0 Å². The Morgan fingerprint density at radius 1 is 1.09 bits per heavy atom. The molecule has 0 atom stereocenters.